The molecule has 0 bridgehead atoms. The number of hydrogen-bond donors (Lipinski definition) is 2. The lowest BCUT2D eigenvalue weighted by molar-refractivity contribution is -0.142. The highest BCUT2D eigenvalue weighted by atomic mass is 16.2. The Kier molecular flexibility index (Phi) is 3.51. The van der Waals surface area contributed by atoms with E-state index in [1.54, 1.807) is 0 Å². The lowest BCUT2D eigenvalue weighted by Crippen LogP contribution is -2.53. The Morgan fingerprint density at radius 2 is 1.96 bits per heavy atom. The van der Waals surface area contributed by atoms with Crippen LogP contribution < -0.4 is 10.6 Å². The van der Waals surface area contributed by atoms with Gasteiger partial charge in [0.25, 0.3) is 0 Å². The smallest absolute Gasteiger partial charge is 0.250 e. The molecule has 0 aromatic heterocycles. The Balaban J connectivity index is 1.83. The number of unbranched alkanes of at least 4 members (excludes halogenated alkanes) is 1. The Bertz CT molecular complexity index is 790. The molecule has 0 aliphatic carbocycles. The second-order valence-corrected chi connectivity index (χ2v) is 7.43. The first kappa shape index (κ1) is 16.3. The van der Waals surface area contributed by atoms with Crippen LogP contribution in [0.3, 0.4) is 0 Å². The molecular weight excluding hydrogens is 318 g/mol. The van der Waals surface area contributed by atoms with Gasteiger partial charge in [-0.25, -0.2) is 0 Å². The van der Waals surface area contributed by atoms with E-state index >= 15 is 0 Å². The van der Waals surface area contributed by atoms with Gasteiger partial charge >= 0.3 is 0 Å². The van der Waals surface area contributed by atoms with E-state index < -0.39 is 17.4 Å². The number of hydrogen-bond acceptors (Lipinski definition) is 4. The van der Waals surface area contributed by atoms with Crippen molar-refractivity contribution in [1.82, 2.24) is 10.2 Å². The van der Waals surface area contributed by atoms with Crippen molar-refractivity contribution in [1.29, 1.82) is 0 Å². The topological polar surface area (TPSA) is 78.5 Å². The van der Waals surface area contributed by atoms with Gasteiger partial charge in [0, 0.05) is 23.8 Å². The molecule has 2 fully saturated rings. The third-order valence-corrected chi connectivity index (χ3v) is 5.84. The van der Waals surface area contributed by atoms with Crippen molar-refractivity contribution < 1.29 is 14.4 Å². The van der Waals surface area contributed by atoms with Crippen molar-refractivity contribution in [3.05, 3.63) is 29.3 Å². The van der Waals surface area contributed by atoms with E-state index in [-0.39, 0.29) is 23.8 Å². The van der Waals surface area contributed by atoms with Crippen LogP contribution in [0.15, 0.2) is 18.2 Å². The highest BCUT2D eigenvalue weighted by Crippen LogP contribution is 2.52. The Hall–Kier alpha value is -2.21. The number of imide groups is 1. The van der Waals surface area contributed by atoms with Crippen LogP contribution in [0.25, 0.3) is 0 Å². The molecule has 25 heavy (non-hydrogen) atoms. The van der Waals surface area contributed by atoms with E-state index in [0.29, 0.717) is 6.54 Å². The number of fused-ring (bicyclic) bond motifs is 4. The zero-order valence-corrected chi connectivity index (χ0v) is 14.8. The van der Waals surface area contributed by atoms with Crippen LogP contribution >= 0.6 is 0 Å². The summed E-state index contributed by atoms with van der Waals surface area (Å²) in [6.07, 6.45) is 1.70. The summed E-state index contributed by atoms with van der Waals surface area (Å²) in [5, 5.41) is 6.22. The van der Waals surface area contributed by atoms with Gasteiger partial charge in [0.05, 0.1) is 11.8 Å². The van der Waals surface area contributed by atoms with Crippen LogP contribution in [0.2, 0.25) is 0 Å². The maximum atomic E-state index is 13.1. The summed E-state index contributed by atoms with van der Waals surface area (Å²) < 4.78 is 0. The number of rotatable bonds is 3. The van der Waals surface area contributed by atoms with Gasteiger partial charge in [0.1, 0.15) is 5.54 Å². The van der Waals surface area contributed by atoms with Crippen LogP contribution in [0.5, 0.6) is 0 Å². The fraction of sp³-hybridized carbons (Fsp3) is 0.526. The second-order valence-electron chi connectivity index (χ2n) is 7.43. The number of amides is 3. The molecule has 6 heteroatoms. The van der Waals surface area contributed by atoms with E-state index in [1.165, 1.54) is 4.90 Å². The molecule has 1 aromatic rings. The third kappa shape index (κ3) is 1.97. The lowest BCUT2D eigenvalue weighted by atomic mass is 9.76. The van der Waals surface area contributed by atoms with Crippen molar-refractivity contribution in [3.63, 3.8) is 0 Å². The summed E-state index contributed by atoms with van der Waals surface area (Å²) in [7, 11) is 0. The minimum absolute atomic E-state index is 0.144. The number of nitrogens with one attached hydrogen (secondary N) is 2. The maximum Gasteiger partial charge on any atom is 0.250 e. The molecule has 132 valence electrons. The molecule has 0 unspecified atom stereocenters. The molecule has 3 aliphatic rings. The van der Waals surface area contributed by atoms with Crippen molar-refractivity contribution >= 4 is 23.4 Å². The molecule has 3 aliphatic heterocycles. The Labute approximate surface area is 147 Å². The van der Waals surface area contributed by atoms with Gasteiger partial charge < -0.3 is 5.32 Å². The number of anilines is 1. The standard InChI is InChI=1S/C19H23N3O3/c1-4-5-8-22-16(23)14-11(3)21-19(15(14)17(22)24)12-9-10(2)6-7-13(12)20-18(19)25/h6-7,9,11,14-15,21H,4-5,8H2,1-3H3,(H,20,25)/t11-,14+,15-,19-/m0/s1. The van der Waals surface area contributed by atoms with Gasteiger partial charge in [-0.15, -0.1) is 0 Å². The van der Waals surface area contributed by atoms with E-state index in [4.69, 9.17) is 0 Å². The predicted molar refractivity (Wildman–Crippen MR) is 92.7 cm³/mol. The van der Waals surface area contributed by atoms with Gasteiger partial charge in [-0.1, -0.05) is 31.0 Å². The molecule has 2 N–H and O–H groups in total. The average molecular weight is 341 g/mol. The first-order chi connectivity index (χ1) is 11.9. The van der Waals surface area contributed by atoms with E-state index in [9.17, 15) is 14.4 Å². The summed E-state index contributed by atoms with van der Waals surface area (Å²) in [6.45, 7) is 6.32. The lowest BCUT2D eigenvalue weighted by Gasteiger charge is -2.29. The van der Waals surface area contributed by atoms with Crippen molar-refractivity contribution in [3.8, 4) is 0 Å². The van der Waals surface area contributed by atoms with E-state index in [0.717, 1.165) is 29.7 Å². The summed E-state index contributed by atoms with van der Waals surface area (Å²) in [5.41, 5.74) is 1.39. The fourth-order valence-corrected chi connectivity index (χ4v) is 4.67. The number of carbonyl (C=O) groups is 3. The number of nitrogens with zero attached hydrogens (tertiary/aromatic N) is 1. The van der Waals surface area contributed by atoms with Gasteiger partial charge in [-0.3, -0.25) is 24.6 Å². The van der Waals surface area contributed by atoms with Gasteiger partial charge in [0.15, 0.2) is 0 Å². The number of likely N-dealkylation sites (tertiary alicyclic amines) is 1. The molecule has 1 spiro atoms. The van der Waals surface area contributed by atoms with Crippen molar-refractivity contribution in [2.75, 3.05) is 11.9 Å². The first-order valence-corrected chi connectivity index (χ1v) is 8.97. The normalized spacial score (nSPS) is 33.2. The minimum atomic E-state index is -1.14. The van der Waals surface area contributed by atoms with Gasteiger partial charge in [-0.2, -0.15) is 0 Å². The quantitative estimate of drug-likeness (QED) is 0.818. The Morgan fingerprint density at radius 1 is 1.20 bits per heavy atom. The fourth-order valence-electron chi connectivity index (χ4n) is 4.67. The SMILES string of the molecule is CCCCN1C(=O)[C@@H]2[C@H](C)N[C@]3(C(=O)Nc4ccc(C)cc43)[C@@H]2C1=O. The van der Waals surface area contributed by atoms with E-state index in [2.05, 4.69) is 10.6 Å². The number of aryl methyl sites for hydroxylation is 1. The summed E-state index contributed by atoms with van der Waals surface area (Å²) in [5.74, 6) is -1.75. The van der Waals surface area contributed by atoms with Crippen LogP contribution in [0.1, 0.15) is 37.8 Å². The van der Waals surface area contributed by atoms with E-state index in [1.807, 2.05) is 39.0 Å². The molecule has 1 aromatic carbocycles. The number of benzene rings is 1. The van der Waals surface area contributed by atoms with Gasteiger partial charge in [0.2, 0.25) is 17.7 Å². The van der Waals surface area contributed by atoms with Crippen molar-refractivity contribution in [2.45, 2.75) is 45.2 Å². The molecule has 6 nitrogen and oxygen atoms in total. The first-order valence-electron chi connectivity index (χ1n) is 8.97. The zero-order chi connectivity index (χ0) is 17.9. The summed E-state index contributed by atoms with van der Waals surface area (Å²) >= 11 is 0. The molecular formula is C19H23N3O3. The average Bonchev–Trinajstić information content (AvgIpc) is 3.12. The second kappa shape index (κ2) is 5.39. The van der Waals surface area contributed by atoms with Crippen LogP contribution in [-0.2, 0) is 19.9 Å². The minimum Gasteiger partial charge on any atom is -0.324 e. The Morgan fingerprint density at radius 3 is 2.68 bits per heavy atom. The summed E-state index contributed by atoms with van der Waals surface area (Å²) in [4.78, 5) is 40.4. The predicted octanol–water partition coefficient (Wildman–Crippen LogP) is 1.54. The molecule has 3 amide bonds. The highest BCUT2D eigenvalue weighted by molar-refractivity contribution is 6.15. The summed E-state index contributed by atoms with van der Waals surface area (Å²) in [6, 6.07) is 5.52. The molecule has 4 rings (SSSR count). The van der Waals surface area contributed by atoms with Gasteiger partial charge in [-0.05, 0) is 26.3 Å². The van der Waals surface area contributed by atoms with Crippen LogP contribution in [0, 0.1) is 18.8 Å². The zero-order valence-electron chi connectivity index (χ0n) is 14.8. The molecule has 2 saturated heterocycles. The molecule has 0 saturated carbocycles. The molecule has 0 radical (unpaired) electrons. The number of carbonyl (C=O) groups excluding carboxylic acids is 3. The highest BCUT2D eigenvalue weighted by Gasteiger charge is 2.69. The molecule has 3 heterocycles. The monoisotopic (exact) mass is 341 g/mol. The van der Waals surface area contributed by atoms with Crippen LogP contribution in [-0.4, -0.2) is 35.2 Å². The molecule has 4 atom stereocenters. The largest absolute Gasteiger partial charge is 0.324 e. The van der Waals surface area contributed by atoms with Crippen LogP contribution in [0.4, 0.5) is 5.69 Å². The van der Waals surface area contributed by atoms with Crippen molar-refractivity contribution in [2.24, 2.45) is 11.8 Å². The third-order valence-electron chi connectivity index (χ3n) is 5.84. The maximum absolute atomic E-state index is 13.1.